The highest BCUT2D eigenvalue weighted by atomic mass is 32.2. The van der Waals surface area contributed by atoms with Crippen LogP contribution in [0.15, 0.2) is 48.5 Å². The molecule has 1 N–H and O–H groups in total. The molecule has 0 radical (unpaired) electrons. The minimum Gasteiger partial charge on any atom is -0.452 e. The van der Waals surface area contributed by atoms with Crippen LogP contribution in [0.5, 0.6) is 0 Å². The highest BCUT2D eigenvalue weighted by Gasteiger charge is 2.10. The largest absolute Gasteiger partial charge is 0.452 e. The van der Waals surface area contributed by atoms with E-state index >= 15 is 0 Å². The zero-order chi connectivity index (χ0) is 18.1. The first kappa shape index (κ1) is 19.1. The maximum absolute atomic E-state index is 11.9. The average Bonchev–Trinajstić information content (AvgIpc) is 2.62. The molecule has 0 aliphatic rings. The normalized spacial score (nSPS) is 10.3. The Morgan fingerprint density at radius 2 is 1.80 bits per heavy atom. The lowest BCUT2D eigenvalue weighted by Crippen LogP contribution is -2.30. The zero-order valence-electron chi connectivity index (χ0n) is 14.6. The van der Waals surface area contributed by atoms with Crippen LogP contribution in [0.3, 0.4) is 0 Å². The number of benzene rings is 2. The Balaban J connectivity index is 1.61. The summed E-state index contributed by atoms with van der Waals surface area (Å²) in [7, 11) is 0. The molecule has 25 heavy (non-hydrogen) atoms. The van der Waals surface area contributed by atoms with Crippen LogP contribution in [0, 0.1) is 13.8 Å². The van der Waals surface area contributed by atoms with Crippen LogP contribution >= 0.6 is 11.8 Å². The summed E-state index contributed by atoms with van der Waals surface area (Å²) in [6.45, 7) is 4.21. The third-order valence-electron chi connectivity index (χ3n) is 3.76. The van der Waals surface area contributed by atoms with Crippen LogP contribution in [0.4, 0.5) is 0 Å². The number of ether oxygens (including phenoxy) is 1. The number of rotatable bonds is 8. The Bertz CT molecular complexity index is 716. The molecular formula is C20H23NO3S. The van der Waals surface area contributed by atoms with Gasteiger partial charge in [-0.15, -0.1) is 0 Å². The average molecular weight is 357 g/mol. The Morgan fingerprint density at radius 3 is 2.52 bits per heavy atom. The van der Waals surface area contributed by atoms with E-state index in [1.54, 1.807) is 23.9 Å². The van der Waals surface area contributed by atoms with Crippen LogP contribution in [-0.2, 0) is 15.3 Å². The van der Waals surface area contributed by atoms with Gasteiger partial charge in [0.2, 0.25) is 0 Å². The molecule has 0 atom stereocenters. The van der Waals surface area contributed by atoms with E-state index in [0.29, 0.717) is 12.1 Å². The topological polar surface area (TPSA) is 55.4 Å². The molecule has 0 spiro atoms. The molecule has 5 heteroatoms. The van der Waals surface area contributed by atoms with Crippen molar-refractivity contribution >= 4 is 23.6 Å². The van der Waals surface area contributed by atoms with E-state index in [1.807, 2.05) is 38.1 Å². The number of hydrogen-bond acceptors (Lipinski definition) is 4. The van der Waals surface area contributed by atoms with Gasteiger partial charge in [-0.2, -0.15) is 11.8 Å². The van der Waals surface area contributed by atoms with Crippen molar-refractivity contribution in [1.29, 1.82) is 0 Å². The number of esters is 1. The van der Waals surface area contributed by atoms with Gasteiger partial charge in [-0.3, -0.25) is 4.79 Å². The molecule has 2 aromatic carbocycles. The smallest absolute Gasteiger partial charge is 0.338 e. The van der Waals surface area contributed by atoms with Gasteiger partial charge in [-0.25, -0.2) is 4.79 Å². The number of amides is 1. The van der Waals surface area contributed by atoms with Gasteiger partial charge in [-0.05, 0) is 42.7 Å². The second-order valence-corrected chi connectivity index (χ2v) is 6.87. The highest BCUT2D eigenvalue weighted by molar-refractivity contribution is 7.98. The van der Waals surface area contributed by atoms with Crippen molar-refractivity contribution in [3.8, 4) is 0 Å². The van der Waals surface area contributed by atoms with Gasteiger partial charge in [-0.1, -0.05) is 36.4 Å². The second kappa shape index (κ2) is 9.89. The Kier molecular flexibility index (Phi) is 7.54. The second-order valence-electron chi connectivity index (χ2n) is 5.76. The van der Waals surface area contributed by atoms with Gasteiger partial charge in [0.25, 0.3) is 5.91 Å². The van der Waals surface area contributed by atoms with Crippen LogP contribution in [0.25, 0.3) is 0 Å². The molecule has 0 saturated heterocycles. The summed E-state index contributed by atoms with van der Waals surface area (Å²) >= 11 is 1.75. The molecule has 0 bridgehead atoms. The first-order chi connectivity index (χ1) is 12.1. The predicted molar refractivity (Wildman–Crippen MR) is 102 cm³/mol. The van der Waals surface area contributed by atoms with E-state index in [9.17, 15) is 9.59 Å². The Hall–Kier alpha value is -2.27. The molecule has 0 aliphatic heterocycles. The third-order valence-corrected chi connectivity index (χ3v) is 4.79. The fourth-order valence-electron chi connectivity index (χ4n) is 2.16. The molecule has 0 fully saturated rings. The highest BCUT2D eigenvalue weighted by Crippen LogP contribution is 2.11. The van der Waals surface area contributed by atoms with Crippen molar-refractivity contribution in [2.24, 2.45) is 0 Å². The lowest BCUT2D eigenvalue weighted by atomic mass is 10.1. The zero-order valence-corrected chi connectivity index (χ0v) is 15.4. The molecule has 4 nitrogen and oxygen atoms in total. The number of hydrogen-bond donors (Lipinski definition) is 1. The molecule has 2 rings (SSSR count). The number of carbonyl (C=O) groups excluding carboxylic acids is 2. The van der Waals surface area contributed by atoms with E-state index in [-0.39, 0.29) is 12.5 Å². The lowest BCUT2D eigenvalue weighted by molar-refractivity contribution is -0.124. The van der Waals surface area contributed by atoms with Crippen LogP contribution in [0.2, 0.25) is 0 Å². The molecule has 1 amide bonds. The lowest BCUT2D eigenvalue weighted by Gasteiger charge is -2.08. The molecule has 2 aromatic rings. The quantitative estimate of drug-likeness (QED) is 0.580. The summed E-state index contributed by atoms with van der Waals surface area (Å²) in [5, 5.41) is 2.76. The minimum atomic E-state index is -0.475. The summed E-state index contributed by atoms with van der Waals surface area (Å²) in [4.78, 5) is 23.7. The van der Waals surface area contributed by atoms with Gasteiger partial charge in [0.05, 0.1) is 5.56 Å². The summed E-state index contributed by atoms with van der Waals surface area (Å²) in [6.07, 6.45) is 0. The van der Waals surface area contributed by atoms with Crippen molar-refractivity contribution < 1.29 is 14.3 Å². The maximum Gasteiger partial charge on any atom is 0.338 e. The fourth-order valence-corrected chi connectivity index (χ4v) is 2.98. The summed E-state index contributed by atoms with van der Waals surface area (Å²) in [5.41, 5.74) is 3.87. The van der Waals surface area contributed by atoms with Gasteiger partial charge in [0, 0.05) is 18.1 Å². The molecule has 0 unspecified atom stereocenters. The van der Waals surface area contributed by atoms with E-state index in [4.69, 9.17) is 4.74 Å². The van der Waals surface area contributed by atoms with Gasteiger partial charge in [0.15, 0.2) is 6.61 Å². The number of aryl methyl sites for hydroxylation is 2. The van der Waals surface area contributed by atoms with E-state index < -0.39 is 5.97 Å². The predicted octanol–water partition coefficient (Wildman–Crippen LogP) is 3.51. The SMILES string of the molecule is Cc1ccc(C(=O)OCC(=O)NCCSCc2ccccc2)cc1C. The van der Waals surface area contributed by atoms with Crippen molar-refractivity contribution in [1.82, 2.24) is 5.32 Å². The van der Waals surface area contributed by atoms with Crippen LogP contribution < -0.4 is 5.32 Å². The summed E-state index contributed by atoms with van der Waals surface area (Å²) < 4.78 is 5.05. The van der Waals surface area contributed by atoms with E-state index in [2.05, 4.69) is 17.4 Å². The van der Waals surface area contributed by atoms with Crippen molar-refractivity contribution in [3.05, 3.63) is 70.8 Å². The summed E-state index contributed by atoms with van der Waals surface area (Å²) in [6, 6.07) is 15.5. The fraction of sp³-hybridized carbons (Fsp3) is 0.300. The first-order valence-electron chi connectivity index (χ1n) is 8.19. The maximum atomic E-state index is 11.9. The van der Waals surface area contributed by atoms with Crippen molar-refractivity contribution in [2.45, 2.75) is 19.6 Å². The van der Waals surface area contributed by atoms with E-state index in [1.165, 1.54) is 5.56 Å². The van der Waals surface area contributed by atoms with E-state index in [0.717, 1.165) is 22.6 Å². The minimum absolute atomic E-state index is 0.255. The van der Waals surface area contributed by atoms with Crippen molar-refractivity contribution in [2.75, 3.05) is 18.9 Å². The van der Waals surface area contributed by atoms with Crippen molar-refractivity contribution in [3.63, 3.8) is 0 Å². The standard InChI is InChI=1S/C20H23NO3S/c1-15-8-9-18(12-16(15)2)20(23)24-13-19(22)21-10-11-25-14-17-6-4-3-5-7-17/h3-9,12H,10-11,13-14H2,1-2H3,(H,21,22). The summed E-state index contributed by atoms with van der Waals surface area (Å²) in [5.74, 6) is 0.971. The molecule has 132 valence electrons. The third kappa shape index (κ3) is 6.63. The number of nitrogens with one attached hydrogen (secondary N) is 1. The van der Waals surface area contributed by atoms with Gasteiger partial charge >= 0.3 is 5.97 Å². The molecular weight excluding hydrogens is 334 g/mol. The molecule has 0 aromatic heterocycles. The van der Waals surface area contributed by atoms with Crippen LogP contribution in [0.1, 0.15) is 27.0 Å². The first-order valence-corrected chi connectivity index (χ1v) is 9.34. The molecule has 0 heterocycles. The number of thioether (sulfide) groups is 1. The Morgan fingerprint density at radius 1 is 1.04 bits per heavy atom. The monoisotopic (exact) mass is 357 g/mol. The van der Waals surface area contributed by atoms with Gasteiger partial charge < -0.3 is 10.1 Å². The molecule has 0 aliphatic carbocycles. The Labute approximate surface area is 153 Å². The molecule has 0 saturated carbocycles. The number of carbonyl (C=O) groups is 2. The van der Waals surface area contributed by atoms with Gasteiger partial charge in [0.1, 0.15) is 0 Å². The van der Waals surface area contributed by atoms with Crippen LogP contribution in [-0.4, -0.2) is 30.8 Å².